The molecule has 1 saturated heterocycles. The molecule has 1 aliphatic heterocycles. The quantitative estimate of drug-likeness (QED) is 0.593. The summed E-state index contributed by atoms with van der Waals surface area (Å²) in [7, 11) is 0. The maximum Gasteiger partial charge on any atom is 0.136 e. The van der Waals surface area contributed by atoms with Crippen molar-refractivity contribution in [3.8, 4) is 0 Å². The largest absolute Gasteiger partial charge is 0.466 e. The highest BCUT2D eigenvalue weighted by Crippen LogP contribution is 2.72. The third-order valence-corrected chi connectivity index (χ3v) is 11.3. The fraction of sp³-hybridized carbons (Fsp3) is 0.793. The summed E-state index contributed by atoms with van der Waals surface area (Å²) in [5.74, 6) is 1.63. The van der Waals surface area contributed by atoms with E-state index in [0.717, 1.165) is 63.7 Å². The number of hydrogen-bond donors (Lipinski definition) is 2. The lowest BCUT2D eigenvalue weighted by Gasteiger charge is -2.62. The highest BCUT2D eigenvalue weighted by Gasteiger charge is 2.73. The van der Waals surface area contributed by atoms with E-state index in [1.807, 2.05) is 6.07 Å². The average molecular weight is 470 g/mol. The molecule has 5 aliphatic rings. The van der Waals surface area contributed by atoms with Crippen LogP contribution in [0.15, 0.2) is 34.5 Å². The van der Waals surface area contributed by atoms with E-state index < -0.39 is 11.2 Å². The molecule has 0 aromatic carbocycles. The van der Waals surface area contributed by atoms with Crippen molar-refractivity contribution in [2.75, 3.05) is 26.2 Å². The summed E-state index contributed by atoms with van der Waals surface area (Å²) in [4.78, 5) is 2.50. The normalized spacial score (nSPS) is 46.6. The smallest absolute Gasteiger partial charge is 0.136 e. The SMILES string of the molecule is C[C@]12CC[C@H]3[C@@H](CCC4=C[C@@H](O)CC[C@@]43C)[C@@]1(O)CC[C@]2(OCCN1CCCC1)c1ccco1. The van der Waals surface area contributed by atoms with Gasteiger partial charge in [0.05, 0.1) is 24.6 Å². The summed E-state index contributed by atoms with van der Waals surface area (Å²) >= 11 is 0. The third kappa shape index (κ3) is 3.12. The second kappa shape index (κ2) is 8.19. The number of nitrogens with zero attached hydrogens (tertiary/aromatic N) is 1. The van der Waals surface area contributed by atoms with Crippen molar-refractivity contribution in [2.24, 2.45) is 22.7 Å². The van der Waals surface area contributed by atoms with Gasteiger partial charge in [-0.1, -0.05) is 25.5 Å². The molecule has 34 heavy (non-hydrogen) atoms. The lowest BCUT2D eigenvalue weighted by atomic mass is 9.44. The van der Waals surface area contributed by atoms with Crippen LogP contribution in [-0.4, -0.2) is 53.1 Å². The summed E-state index contributed by atoms with van der Waals surface area (Å²) in [5, 5.41) is 22.9. The van der Waals surface area contributed by atoms with E-state index in [0.29, 0.717) is 12.5 Å². The van der Waals surface area contributed by atoms with E-state index in [9.17, 15) is 10.2 Å². The molecule has 0 spiro atoms. The molecule has 0 radical (unpaired) electrons. The van der Waals surface area contributed by atoms with Crippen molar-refractivity contribution in [2.45, 2.75) is 95.4 Å². The number of rotatable bonds is 5. The average Bonchev–Trinajstić information content (AvgIpc) is 3.57. The van der Waals surface area contributed by atoms with Crippen molar-refractivity contribution in [1.82, 2.24) is 4.90 Å². The van der Waals surface area contributed by atoms with Crippen LogP contribution in [0, 0.1) is 22.7 Å². The summed E-state index contributed by atoms with van der Waals surface area (Å²) in [6.07, 6.45) is 13.7. The Morgan fingerprint density at radius 3 is 2.65 bits per heavy atom. The molecule has 2 N–H and O–H groups in total. The Balaban J connectivity index is 1.32. The Morgan fingerprint density at radius 2 is 1.88 bits per heavy atom. The Kier molecular flexibility index (Phi) is 5.61. The van der Waals surface area contributed by atoms with Crippen LogP contribution >= 0.6 is 0 Å². The van der Waals surface area contributed by atoms with Crippen LogP contribution in [0.3, 0.4) is 0 Å². The molecule has 188 valence electrons. The zero-order valence-corrected chi connectivity index (χ0v) is 21.1. The van der Waals surface area contributed by atoms with E-state index >= 15 is 0 Å². The molecule has 7 atom stereocenters. The number of aliphatic hydroxyl groups excluding tert-OH is 1. The number of hydrogen-bond acceptors (Lipinski definition) is 5. The summed E-state index contributed by atoms with van der Waals surface area (Å²) in [6.45, 7) is 8.69. The molecular weight excluding hydrogens is 426 g/mol. The van der Waals surface area contributed by atoms with Gasteiger partial charge in [0, 0.05) is 12.0 Å². The predicted octanol–water partition coefficient (Wildman–Crippen LogP) is 5.03. The zero-order valence-electron chi connectivity index (χ0n) is 21.1. The fourth-order valence-electron chi connectivity index (χ4n) is 9.24. The van der Waals surface area contributed by atoms with Gasteiger partial charge in [-0.05, 0) is 107 Å². The Morgan fingerprint density at radius 1 is 1.06 bits per heavy atom. The first-order valence-corrected chi connectivity index (χ1v) is 13.8. The van der Waals surface area contributed by atoms with E-state index in [4.69, 9.17) is 9.15 Å². The monoisotopic (exact) mass is 469 g/mol. The van der Waals surface area contributed by atoms with Crippen LogP contribution in [0.4, 0.5) is 0 Å². The van der Waals surface area contributed by atoms with Crippen molar-refractivity contribution in [3.63, 3.8) is 0 Å². The first kappa shape index (κ1) is 23.3. The number of fused-ring (bicyclic) bond motifs is 5. The van der Waals surface area contributed by atoms with Gasteiger partial charge in [0.1, 0.15) is 11.4 Å². The molecule has 3 saturated carbocycles. The first-order valence-electron chi connectivity index (χ1n) is 13.8. The molecule has 0 unspecified atom stereocenters. The second-order valence-corrected chi connectivity index (χ2v) is 12.5. The highest BCUT2D eigenvalue weighted by atomic mass is 16.5. The minimum Gasteiger partial charge on any atom is -0.466 e. The van der Waals surface area contributed by atoms with Gasteiger partial charge in [-0.3, -0.25) is 0 Å². The van der Waals surface area contributed by atoms with Gasteiger partial charge in [-0.15, -0.1) is 0 Å². The van der Waals surface area contributed by atoms with Gasteiger partial charge in [0.15, 0.2) is 0 Å². The summed E-state index contributed by atoms with van der Waals surface area (Å²) < 4.78 is 13.0. The minimum absolute atomic E-state index is 0.103. The van der Waals surface area contributed by atoms with E-state index in [2.05, 4.69) is 30.9 Å². The maximum absolute atomic E-state index is 12.7. The minimum atomic E-state index is -0.763. The zero-order chi connectivity index (χ0) is 23.6. The number of likely N-dealkylation sites (tertiary alicyclic amines) is 1. The predicted molar refractivity (Wildman–Crippen MR) is 131 cm³/mol. The molecular formula is C29H43NO4. The van der Waals surface area contributed by atoms with Crippen molar-refractivity contribution >= 4 is 0 Å². The molecule has 0 amide bonds. The van der Waals surface area contributed by atoms with Crippen molar-refractivity contribution in [1.29, 1.82) is 0 Å². The van der Waals surface area contributed by atoms with Gasteiger partial charge in [0.25, 0.3) is 0 Å². The van der Waals surface area contributed by atoms with Crippen molar-refractivity contribution in [3.05, 3.63) is 35.8 Å². The third-order valence-electron chi connectivity index (χ3n) is 11.3. The van der Waals surface area contributed by atoms with Gasteiger partial charge >= 0.3 is 0 Å². The highest BCUT2D eigenvalue weighted by molar-refractivity contribution is 5.31. The van der Waals surface area contributed by atoms with E-state index in [1.165, 1.54) is 31.5 Å². The molecule has 1 aromatic heterocycles. The molecule has 0 bridgehead atoms. The molecule has 6 rings (SSSR count). The Hall–Kier alpha value is -1.14. The van der Waals surface area contributed by atoms with Crippen LogP contribution in [0.25, 0.3) is 0 Å². The molecule has 1 aromatic rings. The van der Waals surface area contributed by atoms with Crippen molar-refractivity contribution < 1.29 is 19.4 Å². The lowest BCUT2D eigenvalue weighted by Crippen LogP contribution is -2.64. The van der Waals surface area contributed by atoms with Crippen LogP contribution in [0.5, 0.6) is 0 Å². The van der Waals surface area contributed by atoms with Crippen LogP contribution < -0.4 is 0 Å². The summed E-state index contributed by atoms with van der Waals surface area (Å²) in [6, 6.07) is 4.05. The summed E-state index contributed by atoms with van der Waals surface area (Å²) in [5.41, 5.74) is -0.171. The standard InChI is InChI=1S/C29H43NO4/c1-26-11-9-22(31)20-21(26)7-8-24-23(26)10-12-27(2)28(24,32)13-14-29(27,25-6-5-18-33-25)34-19-17-30-15-3-4-16-30/h5-6,18,20,22-24,31-32H,3-4,7-17,19H2,1-2H3/t22-,23-,24+,26-,27-,28-,29-/m0/s1. The lowest BCUT2D eigenvalue weighted by molar-refractivity contribution is -0.240. The van der Waals surface area contributed by atoms with Gasteiger partial charge in [0.2, 0.25) is 0 Å². The number of ether oxygens (including phenoxy) is 1. The Bertz CT molecular complexity index is 923. The molecule has 5 nitrogen and oxygen atoms in total. The topological polar surface area (TPSA) is 66.1 Å². The number of aliphatic hydroxyl groups is 2. The molecule has 4 aliphatic carbocycles. The second-order valence-electron chi connectivity index (χ2n) is 12.5. The van der Waals surface area contributed by atoms with Crippen LogP contribution in [-0.2, 0) is 10.3 Å². The van der Waals surface area contributed by atoms with Crippen LogP contribution in [0.1, 0.15) is 83.8 Å². The maximum atomic E-state index is 12.7. The van der Waals surface area contributed by atoms with Crippen LogP contribution in [0.2, 0.25) is 0 Å². The number of furan rings is 1. The fourth-order valence-corrected chi connectivity index (χ4v) is 9.24. The molecule has 2 heterocycles. The van der Waals surface area contributed by atoms with E-state index in [1.54, 1.807) is 6.26 Å². The van der Waals surface area contributed by atoms with Gasteiger partial charge in [-0.2, -0.15) is 0 Å². The Labute approximate surface area is 204 Å². The first-order chi connectivity index (χ1) is 16.3. The molecule has 4 fully saturated rings. The number of allylic oxidation sites excluding steroid dienone is 1. The van der Waals surface area contributed by atoms with E-state index in [-0.39, 0.29) is 22.9 Å². The molecule has 5 heteroatoms. The van der Waals surface area contributed by atoms with Gasteiger partial charge in [-0.25, -0.2) is 0 Å². The van der Waals surface area contributed by atoms with Gasteiger partial charge < -0.3 is 24.3 Å².